The van der Waals surface area contributed by atoms with Gasteiger partial charge in [0.2, 0.25) is 5.89 Å². The standard InChI is InChI=1S/C21H19F2N5O3/c22-17(23)19-26-25-18(31-19)14-6-7-15(24-8-14)9-28(16-4-2-1-3-5-16)20(29)27-10-21(11-27)12-30-13-21/h1-8,17H,9-13H2. The molecule has 2 amide bonds. The lowest BCUT2D eigenvalue weighted by atomic mass is 9.78. The number of hydrogen-bond acceptors (Lipinski definition) is 6. The molecule has 1 spiro atoms. The zero-order valence-corrected chi connectivity index (χ0v) is 16.4. The molecule has 0 saturated carbocycles. The molecule has 2 fully saturated rings. The van der Waals surface area contributed by atoms with E-state index in [0.29, 0.717) is 37.6 Å². The van der Waals surface area contributed by atoms with Crippen LogP contribution in [0.5, 0.6) is 0 Å². The van der Waals surface area contributed by atoms with E-state index >= 15 is 0 Å². The second kappa shape index (κ2) is 7.69. The number of benzene rings is 1. The Labute approximate surface area is 176 Å². The van der Waals surface area contributed by atoms with Crippen LogP contribution in [0.4, 0.5) is 19.3 Å². The van der Waals surface area contributed by atoms with E-state index in [4.69, 9.17) is 9.15 Å². The molecule has 2 aromatic heterocycles. The zero-order valence-electron chi connectivity index (χ0n) is 16.4. The van der Waals surface area contributed by atoms with E-state index < -0.39 is 12.3 Å². The molecule has 4 heterocycles. The minimum Gasteiger partial charge on any atom is -0.415 e. The Morgan fingerprint density at radius 2 is 1.90 bits per heavy atom. The second-order valence-electron chi connectivity index (χ2n) is 7.84. The van der Waals surface area contributed by atoms with Gasteiger partial charge in [-0.05, 0) is 24.3 Å². The van der Waals surface area contributed by atoms with Crippen molar-refractivity contribution in [2.75, 3.05) is 31.2 Å². The summed E-state index contributed by atoms with van der Waals surface area (Å²) in [6.45, 7) is 3.04. The molecule has 0 unspecified atom stereocenters. The fourth-order valence-corrected chi connectivity index (χ4v) is 3.77. The molecule has 2 aliphatic rings. The van der Waals surface area contributed by atoms with E-state index in [-0.39, 0.29) is 23.9 Å². The number of ether oxygens (including phenoxy) is 1. The third-order valence-electron chi connectivity index (χ3n) is 5.46. The molecule has 8 nitrogen and oxygen atoms in total. The fraction of sp³-hybridized carbons (Fsp3) is 0.333. The Bertz CT molecular complexity index is 1060. The van der Waals surface area contributed by atoms with Gasteiger partial charge in [-0.1, -0.05) is 18.2 Å². The van der Waals surface area contributed by atoms with Gasteiger partial charge in [-0.3, -0.25) is 9.88 Å². The summed E-state index contributed by atoms with van der Waals surface area (Å²) in [7, 11) is 0. The molecule has 5 rings (SSSR count). The van der Waals surface area contributed by atoms with Crippen LogP contribution in [-0.2, 0) is 11.3 Å². The molecule has 1 aromatic carbocycles. The number of anilines is 1. The van der Waals surface area contributed by atoms with Crippen LogP contribution >= 0.6 is 0 Å². The van der Waals surface area contributed by atoms with Gasteiger partial charge in [-0.2, -0.15) is 8.78 Å². The SMILES string of the molecule is O=C(N1CC2(COC2)C1)N(Cc1ccc(-c2nnc(C(F)F)o2)cn1)c1ccccc1. The van der Waals surface area contributed by atoms with Crippen LogP contribution in [0.15, 0.2) is 53.1 Å². The Morgan fingerprint density at radius 3 is 2.48 bits per heavy atom. The quantitative estimate of drug-likeness (QED) is 0.619. The van der Waals surface area contributed by atoms with Gasteiger partial charge in [0.05, 0.1) is 36.4 Å². The third kappa shape index (κ3) is 3.74. The maximum absolute atomic E-state index is 13.2. The van der Waals surface area contributed by atoms with Gasteiger partial charge >= 0.3 is 12.5 Å². The number of para-hydroxylation sites is 1. The van der Waals surface area contributed by atoms with Gasteiger partial charge in [-0.25, -0.2) is 4.79 Å². The Balaban J connectivity index is 1.33. The summed E-state index contributed by atoms with van der Waals surface area (Å²) in [5.41, 5.74) is 1.95. The highest BCUT2D eigenvalue weighted by Crippen LogP contribution is 2.38. The van der Waals surface area contributed by atoms with Crippen molar-refractivity contribution in [2.24, 2.45) is 5.41 Å². The van der Waals surface area contributed by atoms with Crippen LogP contribution in [0.25, 0.3) is 11.5 Å². The molecule has 0 atom stereocenters. The number of urea groups is 1. The predicted molar refractivity (Wildman–Crippen MR) is 105 cm³/mol. The summed E-state index contributed by atoms with van der Waals surface area (Å²) < 4.78 is 35.6. The summed E-state index contributed by atoms with van der Waals surface area (Å²) >= 11 is 0. The average Bonchev–Trinajstić information content (AvgIpc) is 3.21. The Morgan fingerprint density at radius 1 is 1.13 bits per heavy atom. The van der Waals surface area contributed by atoms with Gasteiger partial charge in [0.15, 0.2) is 0 Å². The van der Waals surface area contributed by atoms with Gasteiger partial charge < -0.3 is 14.1 Å². The molecular weight excluding hydrogens is 408 g/mol. The number of halogens is 2. The number of carbonyl (C=O) groups is 1. The summed E-state index contributed by atoms with van der Waals surface area (Å²) in [5, 5.41) is 6.95. The van der Waals surface area contributed by atoms with E-state index in [1.807, 2.05) is 35.2 Å². The highest BCUT2D eigenvalue weighted by molar-refractivity contribution is 5.92. The number of likely N-dealkylation sites (tertiary alicyclic amines) is 1. The minimum absolute atomic E-state index is 0.0288. The van der Waals surface area contributed by atoms with Crippen molar-refractivity contribution >= 4 is 11.7 Å². The Hall–Kier alpha value is -3.40. The lowest BCUT2D eigenvalue weighted by Gasteiger charge is -2.55. The largest absolute Gasteiger partial charge is 0.415 e. The molecule has 3 aromatic rings. The highest BCUT2D eigenvalue weighted by Gasteiger charge is 2.51. The number of pyridine rings is 1. The smallest absolute Gasteiger partial charge is 0.324 e. The molecule has 0 aliphatic carbocycles. The zero-order chi connectivity index (χ0) is 21.4. The number of carbonyl (C=O) groups excluding carboxylic acids is 1. The summed E-state index contributed by atoms with van der Waals surface area (Å²) in [6.07, 6.45) is -1.36. The van der Waals surface area contributed by atoms with E-state index in [9.17, 15) is 13.6 Å². The summed E-state index contributed by atoms with van der Waals surface area (Å²) in [5.74, 6) is -0.761. The van der Waals surface area contributed by atoms with Gasteiger partial charge in [-0.15, -0.1) is 10.2 Å². The van der Waals surface area contributed by atoms with Crippen molar-refractivity contribution in [1.82, 2.24) is 20.1 Å². The highest BCUT2D eigenvalue weighted by atomic mass is 19.3. The van der Waals surface area contributed by atoms with E-state index in [2.05, 4.69) is 15.2 Å². The van der Waals surface area contributed by atoms with E-state index in [0.717, 1.165) is 5.69 Å². The molecule has 0 bridgehead atoms. The molecule has 160 valence electrons. The fourth-order valence-electron chi connectivity index (χ4n) is 3.77. The molecule has 31 heavy (non-hydrogen) atoms. The first-order chi connectivity index (χ1) is 15.0. The lowest BCUT2D eigenvalue weighted by Crippen LogP contribution is -2.68. The van der Waals surface area contributed by atoms with Crippen molar-refractivity contribution in [3.63, 3.8) is 0 Å². The lowest BCUT2D eigenvalue weighted by molar-refractivity contribution is -0.174. The molecule has 0 radical (unpaired) electrons. The number of hydrogen-bond donors (Lipinski definition) is 0. The average molecular weight is 427 g/mol. The van der Waals surface area contributed by atoms with Crippen LogP contribution < -0.4 is 4.90 Å². The maximum Gasteiger partial charge on any atom is 0.324 e. The number of aromatic nitrogens is 3. The molecule has 2 saturated heterocycles. The molecule has 2 aliphatic heterocycles. The number of nitrogens with zero attached hydrogens (tertiary/aromatic N) is 5. The number of rotatable bonds is 5. The predicted octanol–water partition coefficient (Wildman–Crippen LogP) is 3.53. The van der Waals surface area contributed by atoms with Crippen molar-refractivity contribution < 1.29 is 22.7 Å². The van der Waals surface area contributed by atoms with Crippen molar-refractivity contribution in [3.05, 3.63) is 60.2 Å². The van der Waals surface area contributed by atoms with Gasteiger partial charge in [0.25, 0.3) is 5.89 Å². The minimum atomic E-state index is -2.83. The van der Waals surface area contributed by atoms with Crippen LogP contribution in [0.2, 0.25) is 0 Å². The van der Waals surface area contributed by atoms with E-state index in [1.165, 1.54) is 6.20 Å². The van der Waals surface area contributed by atoms with E-state index in [1.54, 1.807) is 17.0 Å². The summed E-state index contributed by atoms with van der Waals surface area (Å²) in [6, 6.07) is 12.7. The number of amides is 2. The van der Waals surface area contributed by atoms with Crippen molar-refractivity contribution in [3.8, 4) is 11.5 Å². The topological polar surface area (TPSA) is 84.6 Å². The van der Waals surface area contributed by atoms with Gasteiger partial charge in [0, 0.05) is 25.0 Å². The monoisotopic (exact) mass is 427 g/mol. The van der Waals surface area contributed by atoms with Crippen LogP contribution in [0.3, 0.4) is 0 Å². The first-order valence-corrected chi connectivity index (χ1v) is 9.79. The van der Waals surface area contributed by atoms with Crippen LogP contribution in [0.1, 0.15) is 18.0 Å². The third-order valence-corrected chi connectivity index (χ3v) is 5.46. The Kier molecular flexibility index (Phi) is 4.85. The normalized spacial score (nSPS) is 16.8. The summed E-state index contributed by atoms with van der Waals surface area (Å²) in [4.78, 5) is 21.1. The van der Waals surface area contributed by atoms with Crippen molar-refractivity contribution in [2.45, 2.75) is 13.0 Å². The molecular formula is C21H19F2N5O3. The van der Waals surface area contributed by atoms with Crippen LogP contribution in [0, 0.1) is 5.41 Å². The maximum atomic E-state index is 13.2. The van der Waals surface area contributed by atoms with Crippen molar-refractivity contribution in [1.29, 1.82) is 0 Å². The van der Waals surface area contributed by atoms with Gasteiger partial charge in [0.1, 0.15) is 0 Å². The second-order valence-corrected chi connectivity index (χ2v) is 7.84. The first-order valence-electron chi connectivity index (χ1n) is 9.79. The molecule has 0 N–H and O–H groups in total. The van der Waals surface area contributed by atoms with Crippen LogP contribution in [-0.4, -0.2) is 52.4 Å². The first kappa shape index (κ1) is 19.6. The molecule has 10 heteroatoms. The number of alkyl halides is 2.